The SMILES string of the molecule is CC(NCc1ncn(C)n1)c1ccc(F)cc1Cl. The highest BCUT2D eigenvalue weighted by molar-refractivity contribution is 6.31. The molecule has 1 unspecified atom stereocenters. The standard InChI is InChI=1S/C12H14ClFN4/c1-8(10-4-3-9(14)5-11(10)13)15-6-12-16-7-18(2)17-12/h3-5,7-8,15H,6H2,1-2H3. The van der Waals surface area contributed by atoms with E-state index in [1.807, 2.05) is 14.0 Å². The summed E-state index contributed by atoms with van der Waals surface area (Å²) in [5.74, 6) is 0.380. The molecule has 0 fully saturated rings. The van der Waals surface area contributed by atoms with Crippen molar-refractivity contribution in [1.82, 2.24) is 20.1 Å². The molecule has 0 aliphatic carbocycles. The number of nitrogens with zero attached hydrogens (tertiary/aromatic N) is 3. The summed E-state index contributed by atoms with van der Waals surface area (Å²) in [7, 11) is 1.82. The summed E-state index contributed by atoms with van der Waals surface area (Å²) in [6.07, 6.45) is 1.65. The van der Waals surface area contributed by atoms with Crippen LogP contribution in [0.25, 0.3) is 0 Å². The lowest BCUT2D eigenvalue weighted by Gasteiger charge is -2.14. The van der Waals surface area contributed by atoms with E-state index in [1.165, 1.54) is 12.1 Å². The molecule has 0 aliphatic heterocycles. The topological polar surface area (TPSA) is 42.7 Å². The Bertz CT molecular complexity index is 541. The van der Waals surface area contributed by atoms with Crippen LogP contribution in [0.1, 0.15) is 24.4 Å². The zero-order valence-corrected chi connectivity index (χ0v) is 10.9. The van der Waals surface area contributed by atoms with E-state index in [9.17, 15) is 4.39 Å². The second-order valence-corrected chi connectivity index (χ2v) is 4.51. The molecule has 4 nitrogen and oxygen atoms in total. The van der Waals surface area contributed by atoms with Gasteiger partial charge >= 0.3 is 0 Å². The highest BCUT2D eigenvalue weighted by Crippen LogP contribution is 2.23. The van der Waals surface area contributed by atoms with Gasteiger partial charge in [0.1, 0.15) is 12.1 Å². The van der Waals surface area contributed by atoms with Crippen LogP contribution in [0.3, 0.4) is 0 Å². The minimum Gasteiger partial charge on any atom is -0.303 e. The minimum atomic E-state index is -0.331. The van der Waals surface area contributed by atoms with E-state index < -0.39 is 0 Å². The number of rotatable bonds is 4. The summed E-state index contributed by atoms with van der Waals surface area (Å²) in [5.41, 5.74) is 0.856. The van der Waals surface area contributed by atoms with Crippen molar-refractivity contribution in [1.29, 1.82) is 0 Å². The van der Waals surface area contributed by atoms with Crippen LogP contribution in [-0.4, -0.2) is 14.8 Å². The first-order chi connectivity index (χ1) is 8.56. The van der Waals surface area contributed by atoms with Crippen molar-refractivity contribution in [2.75, 3.05) is 0 Å². The van der Waals surface area contributed by atoms with Crippen molar-refractivity contribution in [3.8, 4) is 0 Å². The molecule has 0 saturated heterocycles. The van der Waals surface area contributed by atoms with Gasteiger partial charge in [0.15, 0.2) is 5.82 Å². The van der Waals surface area contributed by atoms with E-state index in [4.69, 9.17) is 11.6 Å². The van der Waals surface area contributed by atoms with E-state index in [0.717, 1.165) is 5.56 Å². The van der Waals surface area contributed by atoms with Crippen molar-refractivity contribution in [3.63, 3.8) is 0 Å². The number of hydrogen-bond donors (Lipinski definition) is 1. The average Bonchev–Trinajstić information content (AvgIpc) is 2.72. The Kier molecular flexibility index (Phi) is 3.93. The highest BCUT2D eigenvalue weighted by Gasteiger charge is 2.10. The third kappa shape index (κ3) is 3.05. The molecule has 0 bridgehead atoms. The predicted molar refractivity (Wildman–Crippen MR) is 67.7 cm³/mol. The molecule has 1 atom stereocenters. The van der Waals surface area contributed by atoms with Gasteiger partial charge in [-0.2, -0.15) is 5.10 Å². The normalized spacial score (nSPS) is 12.7. The van der Waals surface area contributed by atoms with Crippen LogP contribution >= 0.6 is 11.6 Å². The fourth-order valence-corrected chi connectivity index (χ4v) is 2.00. The Morgan fingerprint density at radius 1 is 1.50 bits per heavy atom. The van der Waals surface area contributed by atoms with Gasteiger partial charge in [-0.15, -0.1) is 0 Å². The Balaban J connectivity index is 2.01. The minimum absolute atomic E-state index is 0.00176. The number of halogens is 2. The molecule has 0 aliphatic rings. The quantitative estimate of drug-likeness (QED) is 0.926. The smallest absolute Gasteiger partial charge is 0.164 e. The largest absolute Gasteiger partial charge is 0.303 e. The first-order valence-electron chi connectivity index (χ1n) is 5.59. The van der Waals surface area contributed by atoms with E-state index >= 15 is 0 Å². The van der Waals surface area contributed by atoms with Crippen molar-refractivity contribution >= 4 is 11.6 Å². The molecular weight excluding hydrogens is 255 g/mol. The van der Waals surface area contributed by atoms with Gasteiger partial charge in [-0.25, -0.2) is 9.37 Å². The van der Waals surface area contributed by atoms with Crippen molar-refractivity contribution in [3.05, 3.63) is 46.8 Å². The van der Waals surface area contributed by atoms with Gasteiger partial charge in [0.05, 0.1) is 6.54 Å². The summed E-state index contributed by atoms with van der Waals surface area (Å²) in [6.45, 7) is 2.50. The second-order valence-electron chi connectivity index (χ2n) is 4.10. The summed E-state index contributed by atoms with van der Waals surface area (Å²) < 4.78 is 14.6. The number of aromatic nitrogens is 3. The maximum Gasteiger partial charge on any atom is 0.164 e. The number of aryl methyl sites for hydroxylation is 1. The first-order valence-corrected chi connectivity index (χ1v) is 5.97. The monoisotopic (exact) mass is 268 g/mol. The van der Waals surface area contributed by atoms with Crippen molar-refractivity contribution < 1.29 is 4.39 Å². The molecule has 18 heavy (non-hydrogen) atoms. The lowest BCUT2D eigenvalue weighted by atomic mass is 10.1. The maximum absolute atomic E-state index is 12.9. The third-order valence-electron chi connectivity index (χ3n) is 2.64. The molecule has 0 amide bonds. The van der Waals surface area contributed by atoms with Gasteiger partial charge in [-0.05, 0) is 24.6 Å². The summed E-state index contributed by atoms with van der Waals surface area (Å²) >= 11 is 5.99. The number of nitrogens with one attached hydrogen (secondary N) is 1. The fourth-order valence-electron chi connectivity index (χ4n) is 1.67. The molecular formula is C12H14ClFN4. The van der Waals surface area contributed by atoms with Gasteiger partial charge in [-0.1, -0.05) is 17.7 Å². The Labute approximate surface area is 110 Å². The maximum atomic E-state index is 12.9. The van der Waals surface area contributed by atoms with Crippen LogP contribution in [-0.2, 0) is 13.6 Å². The Hall–Kier alpha value is -1.46. The van der Waals surface area contributed by atoms with E-state index in [1.54, 1.807) is 17.1 Å². The van der Waals surface area contributed by atoms with Crippen LogP contribution in [0, 0.1) is 5.82 Å². The zero-order chi connectivity index (χ0) is 13.1. The molecule has 1 heterocycles. The molecule has 0 radical (unpaired) electrons. The summed E-state index contributed by atoms with van der Waals surface area (Å²) in [5, 5.41) is 7.83. The molecule has 1 N–H and O–H groups in total. The Morgan fingerprint density at radius 3 is 2.89 bits per heavy atom. The van der Waals surface area contributed by atoms with Gasteiger partial charge in [0, 0.05) is 18.1 Å². The van der Waals surface area contributed by atoms with Crippen molar-refractivity contribution in [2.45, 2.75) is 19.5 Å². The van der Waals surface area contributed by atoms with Crippen LogP contribution in [0.2, 0.25) is 5.02 Å². The van der Waals surface area contributed by atoms with Gasteiger partial charge in [0.25, 0.3) is 0 Å². The second kappa shape index (κ2) is 5.46. The zero-order valence-electron chi connectivity index (χ0n) is 10.2. The summed E-state index contributed by atoms with van der Waals surface area (Å²) in [6, 6.07) is 4.40. The van der Waals surface area contributed by atoms with Crippen LogP contribution in [0.15, 0.2) is 24.5 Å². The Morgan fingerprint density at radius 2 is 2.28 bits per heavy atom. The number of benzene rings is 1. The number of hydrogen-bond acceptors (Lipinski definition) is 3. The lowest BCUT2D eigenvalue weighted by molar-refractivity contribution is 0.554. The van der Waals surface area contributed by atoms with Crippen LogP contribution in [0.4, 0.5) is 4.39 Å². The molecule has 0 saturated carbocycles. The van der Waals surface area contributed by atoms with E-state index in [0.29, 0.717) is 17.4 Å². The third-order valence-corrected chi connectivity index (χ3v) is 2.97. The van der Waals surface area contributed by atoms with Crippen LogP contribution < -0.4 is 5.32 Å². The summed E-state index contributed by atoms with van der Waals surface area (Å²) in [4.78, 5) is 4.11. The molecule has 2 rings (SSSR count). The molecule has 96 valence electrons. The highest BCUT2D eigenvalue weighted by atomic mass is 35.5. The molecule has 1 aromatic carbocycles. The molecule has 0 spiro atoms. The van der Waals surface area contributed by atoms with Gasteiger partial charge < -0.3 is 5.32 Å². The predicted octanol–water partition coefficient (Wildman–Crippen LogP) is 2.46. The molecule has 6 heteroatoms. The van der Waals surface area contributed by atoms with Crippen molar-refractivity contribution in [2.24, 2.45) is 7.05 Å². The molecule has 1 aromatic heterocycles. The van der Waals surface area contributed by atoms with Crippen LogP contribution in [0.5, 0.6) is 0 Å². The molecule has 2 aromatic rings. The lowest BCUT2D eigenvalue weighted by Crippen LogP contribution is -2.19. The first kappa shape index (κ1) is 13.0. The fraction of sp³-hybridized carbons (Fsp3) is 0.333. The van der Waals surface area contributed by atoms with Gasteiger partial charge in [-0.3, -0.25) is 4.68 Å². The average molecular weight is 269 g/mol. The van der Waals surface area contributed by atoms with Gasteiger partial charge in [0.2, 0.25) is 0 Å². The van der Waals surface area contributed by atoms with E-state index in [-0.39, 0.29) is 11.9 Å². The van der Waals surface area contributed by atoms with E-state index in [2.05, 4.69) is 15.4 Å².